The molecule has 2 rings (SSSR count). The first-order valence-electron chi connectivity index (χ1n) is 5.04. The number of benzene rings is 1. The molecule has 104 valence electrons. The number of hydrogen-bond acceptors (Lipinski definition) is 4. The van der Waals surface area contributed by atoms with Crippen molar-refractivity contribution >= 4 is 56.7 Å². The molecule has 20 heavy (non-hydrogen) atoms. The highest BCUT2D eigenvalue weighted by Gasteiger charge is 2.18. The number of hydrogen-bond donors (Lipinski definition) is 2. The van der Waals surface area contributed by atoms with Crippen LogP contribution in [-0.4, -0.2) is 22.1 Å². The maximum atomic E-state index is 11.9. The average Bonchev–Trinajstić information content (AvgIpc) is 2.83. The van der Waals surface area contributed by atoms with Gasteiger partial charge in [0, 0.05) is 10.5 Å². The minimum absolute atomic E-state index is 0.196. The first-order valence-corrected chi connectivity index (χ1v) is 6.59. The minimum atomic E-state index is -1.32. The number of aromatic carboxylic acids is 1. The molecular weight excluding hydrogens is 375 g/mol. The van der Waals surface area contributed by atoms with Crippen LogP contribution in [0.2, 0.25) is 10.0 Å². The van der Waals surface area contributed by atoms with Crippen molar-refractivity contribution in [1.29, 1.82) is 0 Å². The van der Waals surface area contributed by atoms with Crippen molar-refractivity contribution < 1.29 is 19.2 Å². The normalized spacial score (nSPS) is 10.3. The van der Waals surface area contributed by atoms with Crippen molar-refractivity contribution in [1.82, 2.24) is 5.16 Å². The van der Waals surface area contributed by atoms with E-state index >= 15 is 0 Å². The molecule has 0 aliphatic carbocycles. The molecule has 6 nitrogen and oxygen atoms in total. The Morgan fingerprint density at radius 3 is 2.35 bits per heavy atom. The molecule has 0 spiro atoms. The summed E-state index contributed by atoms with van der Waals surface area (Å²) < 4.78 is 5.13. The van der Waals surface area contributed by atoms with Gasteiger partial charge < -0.3 is 14.9 Å². The predicted octanol–water partition coefficient (Wildman–Crippen LogP) is 3.69. The number of nitrogens with zero attached hydrogens (tertiary/aromatic N) is 1. The summed E-state index contributed by atoms with van der Waals surface area (Å²) in [7, 11) is 0. The largest absolute Gasteiger partial charge is 0.475 e. The maximum absolute atomic E-state index is 11.9. The van der Waals surface area contributed by atoms with Crippen LogP contribution < -0.4 is 5.32 Å². The molecule has 0 saturated carbocycles. The van der Waals surface area contributed by atoms with Gasteiger partial charge in [0.05, 0.1) is 15.7 Å². The van der Waals surface area contributed by atoms with Crippen LogP contribution in [0.5, 0.6) is 0 Å². The van der Waals surface area contributed by atoms with Crippen molar-refractivity contribution in [3.8, 4) is 0 Å². The summed E-state index contributed by atoms with van der Waals surface area (Å²) in [5.74, 6) is -2.45. The third-order valence-corrected chi connectivity index (χ3v) is 3.25. The molecule has 1 heterocycles. The first kappa shape index (κ1) is 14.8. The monoisotopic (exact) mass is 378 g/mol. The van der Waals surface area contributed by atoms with Gasteiger partial charge in [0.25, 0.3) is 5.91 Å². The lowest BCUT2D eigenvalue weighted by Gasteiger charge is -2.08. The van der Waals surface area contributed by atoms with Crippen molar-refractivity contribution in [2.75, 3.05) is 5.32 Å². The summed E-state index contributed by atoms with van der Waals surface area (Å²) in [5.41, 5.74) is -0.00106. The molecule has 2 N–H and O–H groups in total. The van der Waals surface area contributed by atoms with E-state index in [-0.39, 0.29) is 21.4 Å². The Hall–Kier alpha value is -1.57. The number of carboxylic acids is 1. The van der Waals surface area contributed by atoms with E-state index in [1.54, 1.807) is 12.1 Å². The number of halogens is 3. The van der Waals surface area contributed by atoms with Gasteiger partial charge in [-0.2, -0.15) is 0 Å². The summed E-state index contributed by atoms with van der Waals surface area (Å²) in [6.07, 6.45) is 0. The Kier molecular flexibility index (Phi) is 4.32. The molecule has 0 fully saturated rings. The fraction of sp³-hybridized carbons (Fsp3) is 0. The molecule has 0 bridgehead atoms. The SMILES string of the molecule is O=C(Nc1c(Cl)cc(Br)cc1Cl)c1cc(C(=O)O)on1. The third kappa shape index (κ3) is 3.12. The van der Waals surface area contributed by atoms with Gasteiger partial charge in [-0.15, -0.1) is 0 Å². The Morgan fingerprint density at radius 2 is 1.85 bits per heavy atom. The standard InChI is InChI=1S/C11H5BrCl2N2O4/c12-4-1-5(13)9(6(14)2-4)15-10(17)7-3-8(11(18)19)20-16-7/h1-3H,(H,15,17)(H,18,19). The van der Waals surface area contributed by atoms with E-state index in [1.807, 2.05) is 0 Å². The summed E-state index contributed by atoms with van der Waals surface area (Å²) >= 11 is 15.1. The number of amides is 1. The van der Waals surface area contributed by atoms with Gasteiger partial charge in [0.1, 0.15) is 0 Å². The third-order valence-electron chi connectivity index (χ3n) is 2.20. The van der Waals surface area contributed by atoms with E-state index in [4.69, 9.17) is 28.3 Å². The van der Waals surface area contributed by atoms with Crippen LogP contribution >= 0.6 is 39.1 Å². The maximum Gasteiger partial charge on any atom is 0.374 e. The second-order valence-electron chi connectivity index (χ2n) is 3.58. The van der Waals surface area contributed by atoms with Crippen LogP contribution in [0, 0.1) is 0 Å². The van der Waals surface area contributed by atoms with E-state index in [9.17, 15) is 9.59 Å². The van der Waals surface area contributed by atoms with Crippen LogP contribution in [0.4, 0.5) is 5.69 Å². The van der Waals surface area contributed by atoms with E-state index in [2.05, 4.69) is 30.9 Å². The van der Waals surface area contributed by atoms with Crippen LogP contribution in [0.15, 0.2) is 27.2 Å². The Morgan fingerprint density at radius 1 is 1.25 bits per heavy atom. The molecule has 9 heteroatoms. The highest BCUT2D eigenvalue weighted by molar-refractivity contribution is 9.10. The summed E-state index contributed by atoms with van der Waals surface area (Å²) in [6.45, 7) is 0. The number of carbonyl (C=O) groups is 2. The van der Waals surface area contributed by atoms with Crippen molar-refractivity contribution in [3.63, 3.8) is 0 Å². The zero-order valence-electron chi connectivity index (χ0n) is 9.49. The number of carbonyl (C=O) groups excluding carboxylic acids is 1. The Balaban J connectivity index is 2.25. The fourth-order valence-corrected chi connectivity index (χ4v) is 2.63. The van der Waals surface area contributed by atoms with Crippen molar-refractivity contribution in [3.05, 3.63) is 44.2 Å². The van der Waals surface area contributed by atoms with Gasteiger partial charge in [-0.3, -0.25) is 4.79 Å². The zero-order valence-corrected chi connectivity index (χ0v) is 12.6. The van der Waals surface area contributed by atoms with E-state index in [0.29, 0.717) is 4.47 Å². The molecular formula is C11H5BrCl2N2O4. The van der Waals surface area contributed by atoms with Crippen LogP contribution in [0.3, 0.4) is 0 Å². The van der Waals surface area contributed by atoms with E-state index in [0.717, 1.165) is 6.07 Å². The van der Waals surface area contributed by atoms with Gasteiger partial charge in [0.15, 0.2) is 5.69 Å². The molecule has 2 aromatic rings. The van der Waals surface area contributed by atoms with Crippen LogP contribution in [0.1, 0.15) is 21.0 Å². The summed E-state index contributed by atoms with van der Waals surface area (Å²) in [4.78, 5) is 22.5. The molecule has 0 radical (unpaired) electrons. The lowest BCUT2D eigenvalue weighted by Crippen LogP contribution is -2.13. The molecule has 0 unspecified atom stereocenters. The van der Waals surface area contributed by atoms with Gasteiger partial charge in [0.2, 0.25) is 5.76 Å². The van der Waals surface area contributed by atoms with Crippen molar-refractivity contribution in [2.24, 2.45) is 0 Å². The lowest BCUT2D eigenvalue weighted by molar-refractivity contribution is 0.0651. The summed E-state index contributed by atoms with van der Waals surface area (Å²) in [5, 5.41) is 14.9. The molecule has 1 aromatic carbocycles. The molecule has 0 saturated heterocycles. The quantitative estimate of drug-likeness (QED) is 0.848. The Bertz CT molecular complexity index is 678. The number of nitrogens with one attached hydrogen (secondary N) is 1. The lowest BCUT2D eigenvalue weighted by atomic mass is 10.3. The fourth-order valence-electron chi connectivity index (χ4n) is 1.32. The first-order chi connectivity index (χ1) is 9.38. The number of carboxylic acid groups (broad SMARTS) is 1. The molecule has 1 aromatic heterocycles. The second kappa shape index (κ2) is 5.82. The van der Waals surface area contributed by atoms with Gasteiger partial charge in [-0.25, -0.2) is 4.79 Å². The molecule has 0 atom stereocenters. The number of aromatic nitrogens is 1. The van der Waals surface area contributed by atoms with Crippen LogP contribution in [-0.2, 0) is 0 Å². The van der Waals surface area contributed by atoms with E-state index in [1.165, 1.54) is 0 Å². The van der Waals surface area contributed by atoms with Gasteiger partial charge >= 0.3 is 5.97 Å². The summed E-state index contributed by atoms with van der Waals surface area (Å²) in [6, 6.07) is 4.10. The number of rotatable bonds is 3. The smallest absolute Gasteiger partial charge is 0.374 e. The topological polar surface area (TPSA) is 92.4 Å². The van der Waals surface area contributed by atoms with Gasteiger partial charge in [-0.1, -0.05) is 44.3 Å². The van der Waals surface area contributed by atoms with Crippen LogP contribution in [0.25, 0.3) is 0 Å². The van der Waals surface area contributed by atoms with Gasteiger partial charge in [-0.05, 0) is 12.1 Å². The highest BCUT2D eigenvalue weighted by atomic mass is 79.9. The molecule has 1 amide bonds. The zero-order chi connectivity index (χ0) is 14.9. The predicted molar refractivity (Wildman–Crippen MR) is 75.6 cm³/mol. The molecule has 0 aliphatic rings. The minimum Gasteiger partial charge on any atom is -0.475 e. The Labute approximate surface area is 130 Å². The van der Waals surface area contributed by atoms with Crippen molar-refractivity contribution in [2.45, 2.75) is 0 Å². The average molecular weight is 380 g/mol. The number of anilines is 1. The molecule has 0 aliphatic heterocycles. The highest BCUT2D eigenvalue weighted by Crippen LogP contribution is 2.34. The second-order valence-corrected chi connectivity index (χ2v) is 5.31. The van der Waals surface area contributed by atoms with E-state index < -0.39 is 17.6 Å².